The third-order valence-electron chi connectivity index (χ3n) is 5.99. The molecule has 0 saturated carbocycles. The van der Waals surface area contributed by atoms with Crippen LogP contribution in [0.2, 0.25) is 0 Å². The minimum Gasteiger partial charge on any atom is -0.329 e. The standard InChI is InChI=1S/C23H23N3O2/c27-22-7-6-16(11-24-22)12-25-13-17-8-20(15-25)21-9-19(10-23(28)26(21)14-17)18-4-2-1-3-5-18/h1-7,9-11,17,20H,8,12-15H2,(H,24,27)/t17-,20+/m0/s1. The molecule has 2 bridgehead atoms. The zero-order valence-electron chi connectivity index (χ0n) is 15.7. The lowest BCUT2D eigenvalue weighted by Gasteiger charge is -2.43. The second kappa shape index (κ2) is 6.91. The van der Waals surface area contributed by atoms with Gasteiger partial charge in [-0.2, -0.15) is 0 Å². The second-order valence-electron chi connectivity index (χ2n) is 8.04. The second-order valence-corrected chi connectivity index (χ2v) is 8.04. The minimum atomic E-state index is -0.0685. The van der Waals surface area contributed by atoms with Gasteiger partial charge in [0.1, 0.15) is 0 Å². The number of likely N-dealkylation sites (tertiary alicyclic amines) is 1. The number of benzene rings is 1. The van der Waals surface area contributed by atoms with E-state index in [0.29, 0.717) is 11.8 Å². The molecule has 0 amide bonds. The van der Waals surface area contributed by atoms with Gasteiger partial charge in [-0.15, -0.1) is 0 Å². The van der Waals surface area contributed by atoms with Gasteiger partial charge in [0, 0.05) is 56.1 Å². The van der Waals surface area contributed by atoms with E-state index < -0.39 is 0 Å². The van der Waals surface area contributed by atoms with E-state index in [1.165, 1.54) is 0 Å². The summed E-state index contributed by atoms with van der Waals surface area (Å²) in [5, 5.41) is 0. The quantitative estimate of drug-likeness (QED) is 0.768. The maximum atomic E-state index is 12.8. The molecule has 1 N–H and O–H groups in total. The molecule has 3 aromatic rings. The number of nitrogens with one attached hydrogen (secondary N) is 1. The Morgan fingerprint density at radius 2 is 1.79 bits per heavy atom. The number of piperidine rings is 1. The molecule has 4 heterocycles. The first-order chi connectivity index (χ1) is 13.7. The number of hydrogen-bond donors (Lipinski definition) is 1. The van der Waals surface area contributed by atoms with Gasteiger partial charge in [-0.1, -0.05) is 36.4 Å². The Labute approximate surface area is 163 Å². The van der Waals surface area contributed by atoms with Crippen LogP contribution in [0, 0.1) is 5.92 Å². The smallest absolute Gasteiger partial charge is 0.251 e. The Hall–Kier alpha value is -2.92. The van der Waals surface area contributed by atoms with Gasteiger partial charge in [0.15, 0.2) is 0 Å². The number of H-pyrrole nitrogens is 1. The molecule has 1 fully saturated rings. The van der Waals surface area contributed by atoms with Crippen LogP contribution in [0.15, 0.2) is 70.4 Å². The monoisotopic (exact) mass is 373 g/mol. The summed E-state index contributed by atoms with van der Waals surface area (Å²) in [6.45, 7) is 3.55. The van der Waals surface area contributed by atoms with E-state index in [0.717, 1.165) is 55.0 Å². The van der Waals surface area contributed by atoms with Crippen LogP contribution in [0.5, 0.6) is 0 Å². The van der Waals surface area contributed by atoms with Crippen molar-refractivity contribution in [2.45, 2.75) is 25.4 Å². The average Bonchev–Trinajstić information content (AvgIpc) is 2.71. The molecule has 2 aromatic heterocycles. The van der Waals surface area contributed by atoms with Gasteiger partial charge >= 0.3 is 0 Å². The highest BCUT2D eigenvalue weighted by Gasteiger charge is 2.34. The first-order valence-electron chi connectivity index (χ1n) is 9.86. The van der Waals surface area contributed by atoms with Crippen molar-refractivity contribution in [2.24, 2.45) is 5.92 Å². The highest BCUT2D eigenvalue weighted by molar-refractivity contribution is 5.63. The Morgan fingerprint density at radius 3 is 2.57 bits per heavy atom. The van der Waals surface area contributed by atoms with Gasteiger partial charge in [0.05, 0.1) is 0 Å². The summed E-state index contributed by atoms with van der Waals surface area (Å²) in [7, 11) is 0. The molecular formula is C23H23N3O2. The molecule has 142 valence electrons. The molecule has 28 heavy (non-hydrogen) atoms. The molecule has 2 aliphatic rings. The summed E-state index contributed by atoms with van der Waals surface area (Å²) in [6, 6.07) is 17.6. The highest BCUT2D eigenvalue weighted by atomic mass is 16.1. The zero-order valence-corrected chi connectivity index (χ0v) is 15.7. The van der Waals surface area contributed by atoms with Crippen molar-refractivity contribution in [1.29, 1.82) is 0 Å². The summed E-state index contributed by atoms with van der Waals surface area (Å²) < 4.78 is 1.99. The van der Waals surface area contributed by atoms with Crippen LogP contribution in [-0.4, -0.2) is 27.5 Å². The third-order valence-corrected chi connectivity index (χ3v) is 5.99. The maximum absolute atomic E-state index is 12.8. The number of hydrogen-bond acceptors (Lipinski definition) is 3. The molecule has 0 radical (unpaired) electrons. The molecule has 5 nitrogen and oxygen atoms in total. The fourth-order valence-corrected chi connectivity index (χ4v) is 4.78. The maximum Gasteiger partial charge on any atom is 0.251 e. The van der Waals surface area contributed by atoms with Crippen molar-refractivity contribution >= 4 is 0 Å². The number of rotatable bonds is 3. The lowest BCUT2D eigenvalue weighted by molar-refractivity contribution is 0.114. The molecule has 5 heteroatoms. The minimum absolute atomic E-state index is 0.0685. The van der Waals surface area contributed by atoms with E-state index in [-0.39, 0.29) is 11.1 Å². The van der Waals surface area contributed by atoms with E-state index in [1.54, 1.807) is 18.3 Å². The van der Waals surface area contributed by atoms with Gasteiger partial charge in [0.2, 0.25) is 5.56 Å². The Kier molecular flexibility index (Phi) is 4.24. The van der Waals surface area contributed by atoms with Gasteiger partial charge < -0.3 is 9.55 Å². The molecule has 0 aliphatic carbocycles. The van der Waals surface area contributed by atoms with Crippen molar-refractivity contribution in [2.75, 3.05) is 13.1 Å². The predicted molar refractivity (Wildman–Crippen MR) is 109 cm³/mol. The zero-order chi connectivity index (χ0) is 19.1. The van der Waals surface area contributed by atoms with Crippen LogP contribution in [0.3, 0.4) is 0 Å². The Bertz CT molecular complexity index is 1100. The number of fused-ring (bicyclic) bond motifs is 4. The fraction of sp³-hybridized carbons (Fsp3) is 0.304. The number of nitrogens with zero attached hydrogens (tertiary/aromatic N) is 2. The summed E-state index contributed by atoms with van der Waals surface area (Å²) in [5.74, 6) is 0.862. The van der Waals surface area contributed by atoms with Crippen LogP contribution in [-0.2, 0) is 13.1 Å². The van der Waals surface area contributed by atoms with E-state index in [9.17, 15) is 9.59 Å². The summed E-state index contributed by atoms with van der Waals surface area (Å²) >= 11 is 0. The average molecular weight is 373 g/mol. The van der Waals surface area contributed by atoms with Crippen LogP contribution >= 0.6 is 0 Å². The topological polar surface area (TPSA) is 58.1 Å². The van der Waals surface area contributed by atoms with E-state index in [2.05, 4.69) is 28.1 Å². The largest absolute Gasteiger partial charge is 0.329 e. The van der Waals surface area contributed by atoms with Crippen molar-refractivity contribution in [3.63, 3.8) is 0 Å². The lowest BCUT2D eigenvalue weighted by Crippen LogP contribution is -2.46. The molecule has 5 rings (SSSR count). The van der Waals surface area contributed by atoms with Crippen LogP contribution < -0.4 is 11.1 Å². The first-order valence-corrected chi connectivity index (χ1v) is 9.86. The van der Waals surface area contributed by atoms with Crippen LogP contribution in [0.1, 0.15) is 23.6 Å². The van der Waals surface area contributed by atoms with E-state index in [4.69, 9.17) is 0 Å². The van der Waals surface area contributed by atoms with E-state index >= 15 is 0 Å². The summed E-state index contributed by atoms with van der Waals surface area (Å²) in [5.41, 5.74) is 4.42. The Balaban J connectivity index is 1.45. The molecule has 2 atom stereocenters. The van der Waals surface area contributed by atoms with Gasteiger partial charge in [-0.05, 0) is 35.1 Å². The number of aromatic nitrogens is 2. The summed E-state index contributed by atoms with van der Waals surface area (Å²) in [4.78, 5) is 29.3. The van der Waals surface area contributed by atoms with Gasteiger partial charge in [0.25, 0.3) is 5.56 Å². The predicted octanol–water partition coefficient (Wildman–Crippen LogP) is 2.82. The van der Waals surface area contributed by atoms with Gasteiger partial charge in [-0.3, -0.25) is 14.5 Å². The normalized spacial score (nSPS) is 21.3. The van der Waals surface area contributed by atoms with Gasteiger partial charge in [-0.25, -0.2) is 0 Å². The lowest BCUT2D eigenvalue weighted by atomic mass is 9.82. The fourth-order valence-electron chi connectivity index (χ4n) is 4.78. The Morgan fingerprint density at radius 1 is 0.929 bits per heavy atom. The molecule has 1 saturated heterocycles. The first kappa shape index (κ1) is 17.2. The molecule has 1 aromatic carbocycles. The third kappa shape index (κ3) is 3.22. The van der Waals surface area contributed by atoms with Crippen molar-refractivity contribution in [3.8, 4) is 11.1 Å². The number of aromatic amines is 1. The van der Waals surface area contributed by atoms with Crippen molar-refractivity contribution < 1.29 is 0 Å². The van der Waals surface area contributed by atoms with Crippen molar-refractivity contribution in [3.05, 3.63) is 92.8 Å². The van der Waals surface area contributed by atoms with E-state index in [1.807, 2.05) is 28.8 Å². The molecule has 0 spiro atoms. The van der Waals surface area contributed by atoms with Crippen LogP contribution in [0.25, 0.3) is 11.1 Å². The van der Waals surface area contributed by atoms with Crippen molar-refractivity contribution in [1.82, 2.24) is 14.5 Å². The SMILES string of the molecule is O=c1ccc(CN2C[C@@H]3C[C@H](C2)c2cc(-c4ccccc4)cc(=O)n2C3)c[nH]1. The summed E-state index contributed by atoms with van der Waals surface area (Å²) in [6.07, 6.45) is 2.94. The molecule has 0 unspecified atom stereocenters. The number of pyridine rings is 2. The molecular weight excluding hydrogens is 350 g/mol. The molecule has 2 aliphatic heterocycles. The van der Waals surface area contributed by atoms with Crippen LogP contribution in [0.4, 0.5) is 0 Å². The highest BCUT2D eigenvalue weighted by Crippen LogP contribution is 2.36.